The van der Waals surface area contributed by atoms with Crippen molar-refractivity contribution in [3.05, 3.63) is 45.9 Å². The number of nitrogens with one attached hydrogen (secondary N) is 1. The lowest BCUT2D eigenvalue weighted by molar-refractivity contribution is 0.224. The predicted molar refractivity (Wildman–Crippen MR) is 116 cm³/mol. The molecule has 0 saturated heterocycles. The number of benzene rings is 2. The van der Waals surface area contributed by atoms with Gasteiger partial charge in [0.1, 0.15) is 5.49 Å². The number of hydrogen-bond acceptors (Lipinski definition) is 5. The van der Waals surface area contributed by atoms with E-state index in [4.69, 9.17) is 20.6 Å². The van der Waals surface area contributed by atoms with Gasteiger partial charge in [-0.25, -0.2) is 4.98 Å². The zero-order valence-electron chi connectivity index (χ0n) is 14.9. The molecule has 0 unspecified atom stereocenters. The van der Waals surface area contributed by atoms with Gasteiger partial charge >= 0.3 is 7.60 Å². The summed E-state index contributed by atoms with van der Waals surface area (Å²) in [5, 5.41) is 1.29. The van der Waals surface area contributed by atoms with E-state index in [9.17, 15) is 4.57 Å². The fourth-order valence-corrected chi connectivity index (χ4v) is 6.03. The molecule has 0 radical (unpaired) electrons. The van der Waals surface area contributed by atoms with Crippen molar-refractivity contribution in [3.8, 4) is 11.1 Å². The van der Waals surface area contributed by atoms with Crippen LogP contribution >= 0.6 is 46.9 Å². The summed E-state index contributed by atoms with van der Waals surface area (Å²) in [5.41, 5.74) is 3.74. The summed E-state index contributed by atoms with van der Waals surface area (Å²) in [6.45, 7) is 4.26. The minimum atomic E-state index is -3.13. The Morgan fingerprint density at radius 3 is 2.48 bits per heavy atom. The molecule has 0 aliphatic rings. The zero-order valence-corrected chi connectivity index (χ0v) is 18.9. The Morgan fingerprint density at radius 1 is 1.19 bits per heavy atom. The maximum Gasteiger partial charge on any atom is 0.340 e. The van der Waals surface area contributed by atoms with Gasteiger partial charge < -0.3 is 14.0 Å². The molecule has 9 heteroatoms. The van der Waals surface area contributed by atoms with Gasteiger partial charge in [-0.3, -0.25) is 4.57 Å². The van der Waals surface area contributed by atoms with Crippen molar-refractivity contribution in [2.45, 2.75) is 19.0 Å². The molecule has 0 aliphatic carbocycles. The summed E-state index contributed by atoms with van der Waals surface area (Å²) in [6.07, 6.45) is 0. The molecule has 1 heterocycles. The number of fused-ring (bicyclic) bond motifs is 1. The predicted octanol–water partition coefficient (Wildman–Crippen LogP) is 6.96. The minimum absolute atomic E-state index is 0.196. The highest BCUT2D eigenvalue weighted by atomic mass is 79.9. The van der Waals surface area contributed by atoms with Gasteiger partial charge in [0.05, 0.1) is 29.3 Å². The first kappa shape index (κ1) is 20.9. The van der Waals surface area contributed by atoms with Crippen LogP contribution in [0.3, 0.4) is 0 Å². The third-order valence-electron chi connectivity index (χ3n) is 3.72. The molecule has 3 aromatic rings. The number of hydrogen-bond donors (Lipinski definition) is 1. The molecule has 1 aromatic heterocycles. The van der Waals surface area contributed by atoms with E-state index in [-0.39, 0.29) is 5.49 Å². The van der Waals surface area contributed by atoms with Crippen molar-refractivity contribution in [1.82, 2.24) is 9.97 Å². The first-order valence-corrected chi connectivity index (χ1v) is 12.3. The summed E-state index contributed by atoms with van der Waals surface area (Å²) in [6, 6.07) is 11.8. The lowest BCUT2D eigenvalue weighted by atomic mass is 10.1. The molecule has 144 valence electrons. The zero-order chi connectivity index (χ0) is 19.4. The average Bonchev–Trinajstić information content (AvgIpc) is 3.02. The Labute approximate surface area is 175 Å². The molecule has 0 spiro atoms. The quantitative estimate of drug-likeness (QED) is 0.274. The molecule has 0 atom stereocenters. The van der Waals surface area contributed by atoms with E-state index in [1.165, 1.54) is 11.8 Å². The van der Waals surface area contributed by atoms with Crippen LogP contribution in [-0.2, 0) is 13.6 Å². The fraction of sp³-hybridized carbons (Fsp3) is 0.278. The van der Waals surface area contributed by atoms with E-state index >= 15 is 0 Å². The van der Waals surface area contributed by atoms with Crippen molar-refractivity contribution >= 4 is 57.9 Å². The van der Waals surface area contributed by atoms with Crippen molar-refractivity contribution in [1.29, 1.82) is 0 Å². The molecule has 3 rings (SSSR count). The molecule has 0 saturated carbocycles. The number of aromatic amines is 1. The number of halogens is 2. The van der Waals surface area contributed by atoms with Gasteiger partial charge in [-0.15, -0.1) is 0 Å². The monoisotopic (exact) mass is 488 g/mol. The number of aromatic nitrogens is 2. The minimum Gasteiger partial charge on any atom is -0.333 e. The van der Waals surface area contributed by atoms with E-state index < -0.39 is 7.60 Å². The summed E-state index contributed by atoms with van der Waals surface area (Å²) in [4.78, 5) is 7.80. The van der Waals surface area contributed by atoms with Gasteiger partial charge in [0.2, 0.25) is 0 Å². The maximum atomic E-state index is 12.6. The molecule has 0 bridgehead atoms. The topological polar surface area (TPSA) is 64.2 Å². The van der Waals surface area contributed by atoms with E-state index in [2.05, 4.69) is 25.9 Å². The van der Waals surface area contributed by atoms with Gasteiger partial charge in [0.15, 0.2) is 5.16 Å². The molecule has 5 nitrogen and oxygen atoms in total. The van der Waals surface area contributed by atoms with Crippen LogP contribution in [0.15, 0.2) is 46.0 Å². The van der Waals surface area contributed by atoms with Crippen molar-refractivity contribution in [2.24, 2.45) is 0 Å². The molecular weight excluding hydrogens is 471 g/mol. The number of rotatable bonds is 8. The summed E-state index contributed by atoms with van der Waals surface area (Å²) >= 11 is 11.2. The van der Waals surface area contributed by atoms with Crippen LogP contribution in [0.5, 0.6) is 0 Å². The van der Waals surface area contributed by atoms with Crippen LogP contribution in [0.2, 0.25) is 5.02 Å². The Bertz CT molecular complexity index is 971. The van der Waals surface area contributed by atoms with Crippen LogP contribution in [0.4, 0.5) is 0 Å². The normalized spacial score (nSPS) is 12.0. The highest BCUT2D eigenvalue weighted by molar-refractivity contribution is 9.10. The SMILES string of the molecule is CCOP(=O)(CSc1nc2cc(-c3ccc(Br)cc3)c(Cl)cc2[nH]1)OCC. The molecule has 27 heavy (non-hydrogen) atoms. The van der Waals surface area contributed by atoms with Crippen molar-refractivity contribution in [2.75, 3.05) is 18.7 Å². The van der Waals surface area contributed by atoms with Crippen LogP contribution in [-0.4, -0.2) is 28.7 Å². The molecule has 2 aromatic carbocycles. The first-order chi connectivity index (χ1) is 12.9. The summed E-state index contributed by atoms with van der Waals surface area (Å²) < 4.78 is 24.2. The van der Waals surface area contributed by atoms with Gasteiger partial charge in [-0.1, -0.05) is 51.4 Å². The number of thioether (sulfide) groups is 1. The second kappa shape index (κ2) is 9.12. The second-order valence-corrected chi connectivity index (χ2v) is 10.4. The van der Waals surface area contributed by atoms with Crippen LogP contribution in [0.25, 0.3) is 22.2 Å². The van der Waals surface area contributed by atoms with E-state index in [0.717, 1.165) is 26.6 Å². The Morgan fingerprint density at radius 2 is 1.85 bits per heavy atom. The third-order valence-corrected chi connectivity index (χ3v) is 8.11. The Balaban J connectivity index is 1.85. The summed E-state index contributed by atoms with van der Waals surface area (Å²) in [7, 11) is -3.13. The smallest absolute Gasteiger partial charge is 0.333 e. The van der Waals surface area contributed by atoms with Crippen LogP contribution in [0.1, 0.15) is 13.8 Å². The molecule has 0 amide bonds. The van der Waals surface area contributed by atoms with Crippen LogP contribution < -0.4 is 0 Å². The molecular formula is C18H19BrClN2O3PS. The van der Waals surface area contributed by atoms with E-state index in [1.54, 1.807) is 13.8 Å². The highest BCUT2D eigenvalue weighted by Crippen LogP contribution is 2.51. The average molecular weight is 490 g/mol. The maximum absolute atomic E-state index is 12.6. The fourth-order valence-electron chi connectivity index (χ4n) is 2.57. The van der Waals surface area contributed by atoms with E-state index in [0.29, 0.717) is 23.4 Å². The van der Waals surface area contributed by atoms with Gasteiger partial charge in [-0.2, -0.15) is 0 Å². The molecule has 0 aliphatic heterocycles. The van der Waals surface area contributed by atoms with E-state index in [1.807, 2.05) is 36.4 Å². The number of H-pyrrole nitrogens is 1. The second-order valence-electron chi connectivity index (χ2n) is 5.62. The Hall–Kier alpha value is -0.820. The lowest BCUT2D eigenvalue weighted by Crippen LogP contribution is -1.98. The summed E-state index contributed by atoms with van der Waals surface area (Å²) in [5.74, 6) is 0. The van der Waals surface area contributed by atoms with Gasteiger partial charge in [0, 0.05) is 10.0 Å². The number of imidazole rings is 1. The first-order valence-electron chi connectivity index (χ1n) is 8.40. The molecule has 0 fully saturated rings. The standard InChI is InChI=1S/C18H19BrClN2O3PS/c1-3-24-26(23,25-4-2)11-27-18-21-16-9-14(15(20)10-17(16)22-18)12-5-7-13(19)8-6-12/h5-10H,3-4,11H2,1-2H3,(H,21,22). The van der Waals surface area contributed by atoms with Crippen LogP contribution in [0, 0.1) is 0 Å². The van der Waals surface area contributed by atoms with Crippen molar-refractivity contribution in [3.63, 3.8) is 0 Å². The van der Waals surface area contributed by atoms with Crippen molar-refractivity contribution < 1.29 is 13.6 Å². The molecule has 1 N–H and O–H groups in total. The Kier molecular flexibility index (Phi) is 7.06. The van der Waals surface area contributed by atoms with Gasteiger partial charge in [-0.05, 0) is 43.7 Å². The third kappa shape index (κ3) is 5.17. The largest absolute Gasteiger partial charge is 0.340 e. The van der Waals surface area contributed by atoms with Gasteiger partial charge in [0.25, 0.3) is 0 Å². The number of nitrogens with zero attached hydrogens (tertiary/aromatic N) is 1. The lowest BCUT2D eigenvalue weighted by Gasteiger charge is -2.15. The highest BCUT2D eigenvalue weighted by Gasteiger charge is 2.24.